The molecule has 1 atom stereocenters. The first-order valence-electron chi connectivity index (χ1n) is 8.25. The monoisotopic (exact) mass is 358 g/mol. The Kier molecular flexibility index (Phi) is 5.97. The summed E-state index contributed by atoms with van der Waals surface area (Å²) < 4.78 is 30.4. The van der Waals surface area contributed by atoms with E-state index in [2.05, 4.69) is 15.5 Å². The zero-order valence-corrected chi connectivity index (χ0v) is 14.6. The Morgan fingerprint density at radius 3 is 2.80 bits per heavy atom. The summed E-state index contributed by atoms with van der Waals surface area (Å²) in [7, 11) is 0. The Balaban J connectivity index is 1.83. The number of halogens is 2. The predicted octanol–water partition coefficient (Wildman–Crippen LogP) is 2.72. The number of nitrogens with one attached hydrogen (secondary N) is 2. The average Bonchev–Trinajstić information content (AvgIpc) is 3.01. The van der Waals surface area contributed by atoms with Crippen LogP contribution in [0.1, 0.15) is 56.2 Å². The first-order valence-corrected chi connectivity index (χ1v) is 8.25. The van der Waals surface area contributed by atoms with Crippen LogP contribution in [0.3, 0.4) is 0 Å². The predicted molar refractivity (Wildman–Crippen MR) is 86.4 cm³/mol. The SMILES string of the molecule is CC(C)(C)OC(=O)N1CCC[C@H](CNC(=O)c2cc(C(F)F)[nH]n2)C1. The third-order valence-corrected chi connectivity index (χ3v) is 3.79. The van der Waals surface area contributed by atoms with Crippen molar-refractivity contribution in [3.8, 4) is 0 Å². The lowest BCUT2D eigenvalue weighted by Crippen LogP contribution is -2.45. The van der Waals surface area contributed by atoms with Crippen LogP contribution in [0.25, 0.3) is 0 Å². The molecule has 1 aromatic heterocycles. The van der Waals surface area contributed by atoms with Crippen molar-refractivity contribution in [2.24, 2.45) is 5.92 Å². The summed E-state index contributed by atoms with van der Waals surface area (Å²) in [5, 5.41) is 8.40. The fourth-order valence-electron chi connectivity index (χ4n) is 2.62. The van der Waals surface area contributed by atoms with Gasteiger partial charge in [0.1, 0.15) is 17.0 Å². The van der Waals surface area contributed by atoms with Crippen LogP contribution in [0.5, 0.6) is 0 Å². The van der Waals surface area contributed by atoms with Crippen LogP contribution in [-0.4, -0.2) is 52.3 Å². The smallest absolute Gasteiger partial charge is 0.410 e. The molecule has 0 spiro atoms. The summed E-state index contributed by atoms with van der Waals surface area (Å²) in [5.74, 6) is -0.434. The molecule has 1 aromatic rings. The zero-order valence-electron chi connectivity index (χ0n) is 14.6. The van der Waals surface area contributed by atoms with Crippen molar-refractivity contribution in [3.05, 3.63) is 17.5 Å². The molecule has 1 aliphatic heterocycles. The van der Waals surface area contributed by atoms with Crippen molar-refractivity contribution in [2.45, 2.75) is 45.6 Å². The number of carbonyl (C=O) groups is 2. The number of carbonyl (C=O) groups excluding carboxylic acids is 2. The second-order valence-electron chi connectivity index (χ2n) is 7.15. The molecule has 1 fully saturated rings. The van der Waals surface area contributed by atoms with Crippen LogP contribution >= 0.6 is 0 Å². The highest BCUT2D eigenvalue weighted by atomic mass is 19.3. The fourth-order valence-corrected chi connectivity index (χ4v) is 2.62. The quantitative estimate of drug-likeness (QED) is 0.866. The Labute approximate surface area is 145 Å². The highest BCUT2D eigenvalue weighted by molar-refractivity contribution is 5.92. The molecule has 2 heterocycles. The Bertz CT molecular complexity index is 613. The normalized spacial score (nSPS) is 18.3. The number of hydrogen-bond donors (Lipinski definition) is 2. The maximum absolute atomic E-state index is 12.5. The van der Waals surface area contributed by atoms with Crippen LogP contribution in [0.2, 0.25) is 0 Å². The van der Waals surface area contributed by atoms with Crippen molar-refractivity contribution in [1.82, 2.24) is 20.4 Å². The molecule has 2 amide bonds. The minimum atomic E-state index is -2.70. The van der Waals surface area contributed by atoms with Crippen molar-refractivity contribution in [3.63, 3.8) is 0 Å². The number of aromatic nitrogens is 2. The molecule has 0 unspecified atom stereocenters. The van der Waals surface area contributed by atoms with Gasteiger partial charge in [-0.25, -0.2) is 13.6 Å². The third-order valence-electron chi connectivity index (χ3n) is 3.79. The highest BCUT2D eigenvalue weighted by Gasteiger charge is 2.28. The van der Waals surface area contributed by atoms with Gasteiger partial charge in [0.2, 0.25) is 0 Å². The van der Waals surface area contributed by atoms with Crippen LogP contribution in [0.4, 0.5) is 13.6 Å². The summed E-state index contributed by atoms with van der Waals surface area (Å²) in [5.41, 5.74) is -1.02. The zero-order chi connectivity index (χ0) is 18.6. The first kappa shape index (κ1) is 19.1. The van der Waals surface area contributed by atoms with Crippen molar-refractivity contribution in [2.75, 3.05) is 19.6 Å². The van der Waals surface area contributed by atoms with E-state index >= 15 is 0 Å². The number of H-pyrrole nitrogens is 1. The number of rotatable bonds is 4. The molecule has 0 bridgehead atoms. The number of ether oxygens (including phenoxy) is 1. The van der Waals surface area contributed by atoms with Gasteiger partial charge in [-0.1, -0.05) is 0 Å². The van der Waals surface area contributed by atoms with E-state index in [0.29, 0.717) is 19.6 Å². The molecule has 9 heteroatoms. The summed E-state index contributed by atoms with van der Waals surface area (Å²) in [4.78, 5) is 25.7. The average molecular weight is 358 g/mol. The molecule has 0 aliphatic carbocycles. The van der Waals surface area contributed by atoms with Crippen molar-refractivity contribution in [1.29, 1.82) is 0 Å². The lowest BCUT2D eigenvalue weighted by Gasteiger charge is -2.34. The maximum atomic E-state index is 12.5. The van der Waals surface area contributed by atoms with Crippen LogP contribution < -0.4 is 5.32 Å². The summed E-state index contributed by atoms with van der Waals surface area (Å²) >= 11 is 0. The van der Waals surface area contributed by atoms with Gasteiger partial charge in [0.15, 0.2) is 0 Å². The number of likely N-dealkylation sites (tertiary alicyclic amines) is 1. The first-order chi connectivity index (χ1) is 11.7. The summed E-state index contributed by atoms with van der Waals surface area (Å²) in [6.45, 7) is 6.88. The van der Waals surface area contributed by atoms with Gasteiger partial charge in [-0.2, -0.15) is 5.10 Å². The Morgan fingerprint density at radius 2 is 2.20 bits per heavy atom. The number of piperidine rings is 1. The number of nitrogens with zero attached hydrogens (tertiary/aromatic N) is 2. The molecule has 1 aliphatic rings. The largest absolute Gasteiger partial charge is 0.444 e. The fraction of sp³-hybridized carbons (Fsp3) is 0.688. The molecule has 140 valence electrons. The molecule has 2 N–H and O–H groups in total. The summed E-state index contributed by atoms with van der Waals surface area (Å²) in [6.07, 6.45) is -1.38. The van der Waals surface area contributed by atoms with E-state index in [0.717, 1.165) is 18.9 Å². The summed E-state index contributed by atoms with van der Waals surface area (Å²) in [6, 6.07) is 1.04. The second kappa shape index (κ2) is 7.79. The third kappa shape index (κ3) is 5.68. The minimum Gasteiger partial charge on any atom is -0.444 e. The Morgan fingerprint density at radius 1 is 1.48 bits per heavy atom. The molecular formula is C16H24F2N4O3. The highest BCUT2D eigenvalue weighted by Crippen LogP contribution is 2.19. The van der Waals surface area contributed by atoms with Gasteiger partial charge in [-0.3, -0.25) is 9.89 Å². The Hall–Kier alpha value is -2.19. The minimum absolute atomic E-state index is 0.0740. The van der Waals surface area contributed by atoms with Crippen LogP contribution in [0.15, 0.2) is 6.07 Å². The lowest BCUT2D eigenvalue weighted by atomic mass is 9.98. The molecule has 0 saturated carbocycles. The maximum Gasteiger partial charge on any atom is 0.410 e. The number of aromatic amines is 1. The van der Waals surface area contributed by atoms with Crippen molar-refractivity contribution >= 4 is 12.0 Å². The van der Waals surface area contributed by atoms with E-state index in [4.69, 9.17) is 4.74 Å². The van der Waals surface area contributed by atoms with E-state index in [9.17, 15) is 18.4 Å². The van der Waals surface area contributed by atoms with Gasteiger partial charge in [-0.15, -0.1) is 0 Å². The molecule has 2 rings (SSSR count). The number of hydrogen-bond acceptors (Lipinski definition) is 4. The van der Waals surface area contributed by atoms with Crippen molar-refractivity contribution < 1.29 is 23.1 Å². The van der Waals surface area contributed by atoms with Gasteiger partial charge < -0.3 is 15.0 Å². The molecule has 0 radical (unpaired) electrons. The second-order valence-corrected chi connectivity index (χ2v) is 7.15. The van der Waals surface area contributed by atoms with E-state index in [1.54, 1.807) is 4.90 Å². The van der Waals surface area contributed by atoms with E-state index < -0.39 is 17.9 Å². The van der Waals surface area contributed by atoms with Gasteiger partial charge in [0.25, 0.3) is 12.3 Å². The molecule has 25 heavy (non-hydrogen) atoms. The molecular weight excluding hydrogens is 334 g/mol. The van der Waals surface area contributed by atoms with E-state index in [1.165, 1.54) is 0 Å². The van der Waals surface area contributed by atoms with E-state index in [1.807, 2.05) is 20.8 Å². The van der Waals surface area contributed by atoms with Gasteiger partial charge >= 0.3 is 6.09 Å². The number of amides is 2. The topological polar surface area (TPSA) is 87.3 Å². The molecule has 1 saturated heterocycles. The lowest BCUT2D eigenvalue weighted by molar-refractivity contribution is 0.0167. The number of alkyl halides is 2. The van der Waals surface area contributed by atoms with Gasteiger partial charge in [0, 0.05) is 19.6 Å². The standard InChI is InChI=1S/C16H24F2N4O3/c1-16(2,3)25-15(24)22-6-4-5-10(9-22)8-19-14(23)12-7-11(13(17)18)20-21-12/h7,10,13H,4-6,8-9H2,1-3H3,(H,19,23)(H,20,21)/t10-/m1/s1. The molecule has 7 nitrogen and oxygen atoms in total. The van der Waals surface area contributed by atoms with Crippen LogP contribution in [0, 0.1) is 5.92 Å². The van der Waals surface area contributed by atoms with Gasteiger partial charge in [0.05, 0.1) is 0 Å². The van der Waals surface area contributed by atoms with Crippen LogP contribution in [-0.2, 0) is 4.74 Å². The van der Waals surface area contributed by atoms with Gasteiger partial charge in [-0.05, 0) is 45.6 Å². The molecule has 0 aromatic carbocycles. The van der Waals surface area contributed by atoms with E-state index in [-0.39, 0.29) is 23.4 Å².